The van der Waals surface area contributed by atoms with Gasteiger partial charge in [0.2, 0.25) is 0 Å². The van der Waals surface area contributed by atoms with Gasteiger partial charge < -0.3 is 0 Å². The van der Waals surface area contributed by atoms with Gasteiger partial charge in [0.25, 0.3) is 0 Å². The zero-order chi connectivity index (χ0) is 9.10. The molecule has 0 nitrogen and oxygen atoms in total. The van der Waals surface area contributed by atoms with Gasteiger partial charge in [0.05, 0.1) is 0 Å². The second-order valence-electron chi connectivity index (χ2n) is 3.29. The van der Waals surface area contributed by atoms with Crippen LogP contribution in [0.5, 0.6) is 0 Å². The molecule has 1 aliphatic rings. The summed E-state index contributed by atoms with van der Waals surface area (Å²) in [7, 11) is 0. The van der Waals surface area contributed by atoms with E-state index in [1.165, 1.54) is 16.7 Å². The van der Waals surface area contributed by atoms with Crippen LogP contribution in [0.25, 0.3) is 5.57 Å². The minimum Gasteiger partial charge on any atom is -0.197 e. The van der Waals surface area contributed by atoms with E-state index in [4.69, 9.17) is 0 Å². The van der Waals surface area contributed by atoms with Crippen molar-refractivity contribution in [1.29, 1.82) is 0 Å². The molecule has 0 radical (unpaired) electrons. The van der Waals surface area contributed by atoms with Gasteiger partial charge in [0, 0.05) is 25.8 Å². The molecule has 0 saturated carbocycles. The van der Waals surface area contributed by atoms with Crippen LogP contribution >= 0.6 is 0 Å². The maximum absolute atomic E-state index is 3.40. The Bertz CT molecular complexity index is 347. The Morgan fingerprint density at radius 3 is 2.50 bits per heavy atom. The SMILES string of the molecule is CCC1=CC(c2ccccc2)=[C-]C1.[Hf]. The maximum atomic E-state index is 3.40. The fourth-order valence-corrected chi connectivity index (χ4v) is 1.55. The van der Waals surface area contributed by atoms with Gasteiger partial charge in [-0.25, -0.2) is 0 Å². The monoisotopic (exact) mass is 349 g/mol. The Morgan fingerprint density at radius 2 is 1.93 bits per heavy atom. The van der Waals surface area contributed by atoms with Crippen molar-refractivity contribution < 1.29 is 25.8 Å². The Kier molecular flexibility index (Phi) is 4.53. The van der Waals surface area contributed by atoms with Crippen molar-refractivity contribution in [1.82, 2.24) is 0 Å². The van der Waals surface area contributed by atoms with Crippen molar-refractivity contribution in [3.63, 3.8) is 0 Å². The molecule has 0 unspecified atom stereocenters. The van der Waals surface area contributed by atoms with Gasteiger partial charge in [-0.1, -0.05) is 31.5 Å². The third-order valence-corrected chi connectivity index (χ3v) is 2.39. The molecule has 1 aliphatic carbocycles. The first kappa shape index (κ1) is 11.6. The van der Waals surface area contributed by atoms with Crippen molar-refractivity contribution >= 4 is 5.57 Å². The predicted molar refractivity (Wildman–Crippen MR) is 56.1 cm³/mol. The van der Waals surface area contributed by atoms with E-state index in [9.17, 15) is 0 Å². The van der Waals surface area contributed by atoms with Gasteiger partial charge in [0.1, 0.15) is 0 Å². The van der Waals surface area contributed by atoms with E-state index in [1.807, 2.05) is 6.07 Å². The quantitative estimate of drug-likeness (QED) is 0.566. The van der Waals surface area contributed by atoms with E-state index < -0.39 is 0 Å². The largest absolute Gasteiger partial charge is 0.197 e. The first-order valence-corrected chi connectivity index (χ1v) is 4.76. The molecule has 0 bridgehead atoms. The molecule has 1 heteroatoms. The van der Waals surface area contributed by atoms with Gasteiger partial charge in [0.15, 0.2) is 0 Å². The average Bonchev–Trinajstić information content (AvgIpc) is 2.67. The standard InChI is InChI=1S/C13H13.Hf/c1-2-11-8-9-13(10-11)12-6-4-3-5-7-12;/h3-7,10H,2,8H2,1H3;/q-1;. The van der Waals surface area contributed by atoms with E-state index in [1.54, 1.807) is 0 Å². The summed E-state index contributed by atoms with van der Waals surface area (Å²) in [4.78, 5) is 0. The zero-order valence-electron chi connectivity index (χ0n) is 8.38. The summed E-state index contributed by atoms with van der Waals surface area (Å²) in [5.74, 6) is 0. The summed E-state index contributed by atoms with van der Waals surface area (Å²) >= 11 is 0. The molecule has 0 N–H and O–H groups in total. The Hall–Kier alpha value is -0.430. The Labute approximate surface area is 105 Å². The number of rotatable bonds is 2. The van der Waals surface area contributed by atoms with E-state index in [-0.39, 0.29) is 25.8 Å². The minimum atomic E-state index is 0. The summed E-state index contributed by atoms with van der Waals surface area (Å²) in [6.45, 7) is 2.20. The molecule has 0 spiro atoms. The van der Waals surface area contributed by atoms with Crippen LogP contribution in [0.4, 0.5) is 0 Å². The van der Waals surface area contributed by atoms with E-state index in [0.29, 0.717) is 0 Å². The summed E-state index contributed by atoms with van der Waals surface area (Å²) in [6, 6.07) is 10.5. The number of benzene rings is 1. The smallest absolute Gasteiger partial charge is 0 e. The summed E-state index contributed by atoms with van der Waals surface area (Å²) < 4.78 is 0. The topological polar surface area (TPSA) is 0 Å². The molecule has 1 aromatic carbocycles. The van der Waals surface area contributed by atoms with Crippen LogP contribution in [-0.2, 0) is 25.8 Å². The number of allylic oxidation sites excluding steroid dienone is 4. The van der Waals surface area contributed by atoms with Crippen LogP contribution in [0, 0.1) is 6.08 Å². The molecular formula is C13H13Hf-. The summed E-state index contributed by atoms with van der Waals surface area (Å²) in [5, 5.41) is 0. The van der Waals surface area contributed by atoms with Crippen LogP contribution in [-0.4, -0.2) is 0 Å². The van der Waals surface area contributed by atoms with E-state index >= 15 is 0 Å². The minimum absolute atomic E-state index is 0. The van der Waals surface area contributed by atoms with Gasteiger partial charge in [-0.2, -0.15) is 17.7 Å². The summed E-state index contributed by atoms with van der Waals surface area (Å²) in [6.07, 6.45) is 7.81. The second-order valence-corrected chi connectivity index (χ2v) is 3.29. The van der Waals surface area contributed by atoms with Crippen molar-refractivity contribution in [2.24, 2.45) is 0 Å². The molecule has 0 amide bonds. The Balaban J connectivity index is 0.000000980. The fraction of sp³-hybridized carbons (Fsp3) is 0.231. The van der Waals surface area contributed by atoms with Crippen molar-refractivity contribution in [3.8, 4) is 0 Å². The van der Waals surface area contributed by atoms with Gasteiger partial charge in [-0.05, 0) is 6.42 Å². The van der Waals surface area contributed by atoms with Crippen molar-refractivity contribution in [3.05, 3.63) is 53.6 Å². The molecule has 2 rings (SSSR count). The molecule has 70 valence electrons. The second kappa shape index (κ2) is 5.45. The molecule has 0 aliphatic heterocycles. The van der Waals surface area contributed by atoms with E-state index in [0.717, 1.165) is 12.8 Å². The van der Waals surface area contributed by atoms with Crippen LogP contribution in [0.1, 0.15) is 25.3 Å². The predicted octanol–water partition coefficient (Wildman–Crippen LogP) is 3.61. The van der Waals surface area contributed by atoms with E-state index in [2.05, 4.69) is 43.3 Å². The van der Waals surface area contributed by atoms with Crippen molar-refractivity contribution in [2.45, 2.75) is 19.8 Å². The molecule has 1 aromatic rings. The van der Waals surface area contributed by atoms with Gasteiger partial charge in [-0.15, -0.1) is 23.3 Å². The van der Waals surface area contributed by atoms with Crippen LogP contribution in [0.2, 0.25) is 0 Å². The average molecular weight is 348 g/mol. The molecule has 0 aromatic heterocycles. The molecule has 0 atom stereocenters. The summed E-state index contributed by atoms with van der Waals surface area (Å²) in [5.41, 5.74) is 4.03. The maximum Gasteiger partial charge on any atom is 0 e. The normalized spacial score (nSPS) is 14.4. The zero-order valence-corrected chi connectivity index (χ0v) is 12.0. The molecule has 0 saturated heterocycles. The number of hydrogen-bond acceptors (Lipinski definition) is 0. The molecule has 0 fully saturated rings. The van der Waals surface area contributed by atoms with Crippen LogP contribution in [0.15, 0.2) is 42.0 Å². The first-order valence-electron chi connectivity index (χ1n) is 4.76. The third-order valence-electron chi connectivity index (χ3n) is 2.39. The Morgan fingerprint density at radius 1 is 1.21 bits per heavy atom. The van der Waals surface area contributed by atoms with Crippen molar-refractivity contribution in [2.75, 3.05) is 0 Å². The molecule has 0 heterocycles. The molecular weight excluding hydrogens is 335 g/mol. The van der Waals surface area contributed by atoms with Crippen LogP contribution < -0.4 is 0 Å². The third kappa shape index (κ3) is 2.54. The van der Waals surface area contributed by atoms with Gasteiger partial charge >= 0.3 is 0 Å². The van der Waals surface area contributed by atoms with Gasteiger partial charge in [-0.3, -0.25) is 0 Å². The number of hydrogen-bond donors (Lipinski definition) is 0. The fourth-order valence-electron chi connectivity index (χ4n) is 1.55. The first-order chi connectivity index (χ1) is 6.40. The van der Waals surface area contributed by atoms with Crippen LogP contribution in [0.3, 0.4) is 0 Å². The molecule has 14 heavy (non-hydrogen) atoms.